The fourth-order valence-corrected chi connectivity index (χ4v) is 5.27. The summed E-state index contributed by atoms with van der Waals surface area (Å²) in [4.78, 5) is 17.0. The fraction of sp³-hybridized carbons (Fsp3) is 0.400. The van der Waals surface area contributed by atoms with Crippen LogP contribution in [0.4, 0.5) is 8.78 Å². The Bertz CT molecular complexity index is 1350. The van der Waals surface area contributed by atoms with Crippen molar-refractivity contribution < 1.29 is 18.3 Å². The number of H-pyrrole nitrogens is 1. The summed E-state index contributed by atoms with van der Waals surface area (Å²) < 4.78 is 34.9. The predicted octanol–water partition coefficient (Wildman–Crippen LogP) is 5.75. The van der Waals surface area contributed by atoms with Gasteiger partial charge in [-0.15, -0.1) is 0 Å². The molecule has 1 N–H and O–H groups in total. The molecule has 33 heavy (non-hydrogen) atoms. The molecule has 6 nitrogen and oxygen atoms in total. The largest absolute Gasteiger partial charge is 0.469 e. The normalized spacial score (nSPS) is 19.0. The number of halogens is 2. The van der Waals surface area contributed by atoms with E-state index in [1.807, 2.05) is 10.6 Å². The van der Waals surface area contributed by atoms with Crippen LogP contribution in [0.1, 0.15) is 62.6 Å². The lowest BCUT2D eigenvalue weighted by Gasteiger charge is -2.28. The molecule has 3 heterocycles. The molecule has 0 bridgehead atoms. The number of benzene rings is 1. The number of aromatic nitrogens is 4. The molecule has 0 aliphatic heterocycles. The van der Waals surface area contributed by atoms with Gasteiger partial charge < -0.3 is 9.30 Å². The Balaban J connectivity index is 1.73. The lowest BCUT2D eigenvalue weighted by Crippen LogP contribution is -2.22. The highest BCUT2D eigenvalue weighted by Crippen LogP contribution is 2.45. The number of ether oxygens (including phenoxy) is 1. The molecule has 4 aromatic rings. The topological polar surface area (TPSA) is 72.8 Å². The molecule has 8 heteroatoms. The number of pyridine rings is 1. The molecule has 0 atom stereocenters. The highest BCUT2D eigenvalue weighted by Gasteiger charge is 2.33. The number of hydrogen-bond acceptors (Lipinski definition) is 4. The van der Waals surface area contributed by atoms with Crippen molar-refractivity contribution in [2.24, 2.45) is 5.92 Å². The lowest BCUT2D eigenvalue weighted by molar-refractivity contribution is -0.146. The van der Waals surface area contributed by atoms with E-state index in [4.69, 9.17) is 9.72 Å². The minimum atomic E-state index is -0.887. The SMILES string of the molecule is COC(=O)C1CCC(c2c(C(C)C)n(-c3ccc(F)c(F)c3)c3cc4cn[nH]c4nc23)CC1. The van der Waals surface area contributed by atoms with E-state index < -0.39 is 11.6 Å². The first-order chi connectivity index (χ1) is 15.9. The van der Waals surface area contributed by atoms with Gasteiger partial charge in [-0.3, -0.25) is 9.89 Å². The third kappa shape index (κ3) is 3.57. The highest BCUT2D eigenvalue weighted by atomic mass is 19.2. The van der Waals surface area contributed by atoms with E-state index in [1.54, 1.807) is 12.3 Å². The number of hydrogen-bond donors (Lipinski definition) is 1. The highest BCUT2D eigenvalue weighted by molar-refractivity contribution is 5.93. The molecule has 0 radical (unpaired) electrons. The van der Waals surface area contributed by atoms with Gasteiger partial charge in [-0.2, -0.15) is 5.10 Å². The molecule has 0 spiro atoms. The molecule has 0 saturated heterocycles. The smallest absolute Gasteiger partial charge is 0.308 e. The molecule has 1 aliphatic carbocycles. The summed E-state index contributed by atoms with van der Waals surface area (Å²) in [6.07, 6.45) is 4.87. The van der Waals surface area contributed by atoms with Gasteiger partial charge in [-0.1, -0.05) is 13.8 Å². The second kappa shape index (κ2) is 8.24. The number of nitrogens with zero attached hydrogens (tertiary/aromatic N) is 3. The molecule has 1 aromatic carbocycles. The van der Waals surface area contributed by atoms with Gasteiger partial charge in [0.05, 0.1) is 30.3 Å². The lowest BCUT2D eigenvalue weighted by atomic mass is 9.77. The van der Waals surface area contributed by atoms with Gasteiger partial charge in [-0.05, 0) is 55.7 Å². The van der Waals surface area contributed by atoms with Crippen molar-refractivity contribution in [3.63, 3.8) is 0 Å². The van der Waals surface area contributed by atoms with Crippen molar-refractivity contribution in [3.8, 4) is 5.69 Å². The van der Waals surface area contributed by atoms with Crippen molar-refractivity contribution in [2.75, 3.05) is 7.11 Å². The first-order valence-electron chi connectivity index (χ1n) is 11.3. The van der Waals surface area contributed by atoms with E-state index in [1.165, 1.54) is 13.2 Å². The maximum absolute atomic E-state index is 14.3. The zero-order valence-electron chi connectivity index (χ0n) is 18.9. The van der Waals surface area contributed by atoms with E-state index in [9.17, 15) is 13.6 Å². The standard InChI is InChI=1S/C25H26F2N4O2/c1-13(2)23-21(14-4-6-15(7-5-14)25(32)33-3)22-20(10-16-12-28-30-24(16)29-22)31(23)17-8-9-18(26)19(27)11-17/h8-15H,4-7H2,1-3H3,(H,28,29,30). The van der Waals surface area contributed by atoms with Crippen LogP contribution in [0.15, 0.2) is 30.5 Å². The first kappa shape index (κ1) is 21.6. The minimum Gasteiger partial charge on any atom is -0.469 e. The summed E-state index contributed by atoms with van der Waals surface area (Å²) in [5.41, 5.74) is 5.06. The number of carbonyl (C=O) groups is 1. The molecular formula is C25H26F2N4O2. The molecule has 3 aromatic heterocycles. The number of carbonyl (C=O) groups excluding carboxylic acids is 1. The second-order valence-corrected chi connectivity index (χ2v) is 9.12. The Morgan fingerprint density at radius 3 is 2.58 bits per heavy atom. The molecule has 0 unspecified atom stereocenters. The summed E-state index contributed by atoms with van der Waals surface area (Å²) >= 11 is 0. The predicted molar refractivity (Wildman–Crippen MR) is 121 cm³/mol. The number of esters is 1. The van der Waals surface area contributed by atoms with Crippen LogP contribution in [0.3, 0.4) is 0 Å². The van der Waals surface area contributed by atoms with E-state index in [2.05, 4.69) is 24.0 Å². The molecule has 1 fully saturated rings. The van der Waals surface area contributed by atoms with Crippen molar-refractivity contribution >= 4 is 28.0 Å². The van der Waals surface area contributed by atoms with Crippen LogP contribution < -0.4 is 0 Å². The number of aromatic amines is 1. The van der Waals surface area contributed by atoms with E-state index in [-0.39, 0.29) is 23.7 Å². The van der Waals surface area contributed by atoms with Gasteiger partial charge in [0.25, 0.3) is 0 Å². The van der Waals surface area contributed by atoms with Crippen LogP contribution in [0.2, 0.25) is 0 Å². The van der Waals surface area contributed by atoms with Gasteiger partial charge in [0.1, 0.15) is 0 Å². The number of nitrogens with one attached hydrogen (secondary N) is 1. The van der Waals surface area contributed by atoms with Crippen molar-refractivity contribution in [1.82, 2.24) is 19.7 Å². The summed E-state index contributed by atoms with van der Waals surface area (Å²) in [6, 6.07) is 5.99. The second-order valence-electron chi connectivity index (χ2n) is 9.12. The number of rotatable bonds is 4. The number of methoxy groups -OCH3 is 1. The Morgan fingerprint density at radius 1 is 1.15 bits per heavy atom. The van der Waals surface area contributed by atoms with Crippen LogP contribution in [0.25, 0.3) is 27.8 Å². The third-order valence-electron chi connectivity index (χ3n) is 6.80. The zero-order valence-corrected chi connectivity index (χ0v) is 18.9. The summed E-state index contributed by atoms with van der Waals surface area (Å²) in [7, 11) is 1.43. The Hall–Kier alpha value is -3.29. The fourth-order valence-electron chi connectivity index (χ4n) is 5.27. The number of fused-ring (bicyclic) bond motifs is 2. The van der Waals surface area contributed by atoms with Crippen LogP contribution in [0.5, 0.6) is 0 Å². The molecule has 1 aliphatic rings. The van der Waals surface area contributed by atoms with Crippen LogP contribution >= 0.6 is 0 Å². The summed E-state index contributed by atoms with van der Waals surface area (Å²) in [5.74, 6) is -1.69. The first-order valence-corrected chi connectivity index (χ1v) is 11.3. The molecular weight excluding hydrogens is 426 g/mol. The molecule has 1 saturated carbocycles. The zero-order chi connectivity index (χ0) is 23.3. The maximum Gasteiger partial charge on any atom is 0.308 e. The Labute approximate surface area is 190 Å². The van der Waals surface area contributed by atoms with Crippen molar-refractivity contribution in [2.45, 2.75) is 51.4 Å². The van der Waals surface area contributed by atoms with Crippen molar-refractivity contribution in [1.29, 1.82) is 0 Å². The van der Waals surface area contributed by atoms with E-state index in [0.717, 1.165) is 59.4 Å². The van der Waals surface area contributed by atoms with Gasteiger partial charge >= 0.3 is 5.97 Å². The summed E-state index contributed by atoms with van der Waals surface area (Å²) in [5, 5.41) is 7.90. The molecule has 172 valence electrons. The van der Waals surface area contributed by atoms with Crippen LogP contribution in [0, 0.1) is 17.6 Å². The third-order valence-corrected chi connectivity index (χ3v) is 6.80. The summed E-state index contributed by atoms with van der Waals surface area (Å²) in [6.45, 7) is 4.20. The van der Waals surface area contributed by atoms with Crippen molar-refractivity contribution in [3.05, 3.63) is 53.4 Å². The minimum absolute atomic E-state index is 0.0828. The molecule has 5 rings (SSSR count). The Morgan fingerprint density at radius 2 is 1.91 bits per heavy atom. The average Bonchev–Trinajstić information content (AvgIpc) is 3.40. The Kier molecular flexibility index (Phi) is 5.38. The van der Waals surface area contributed by atoms with E-state index >= 15 is 0 Å². The molecule has 0 amide bonds. The monoisotopic (exact) mass is 452 g/mol. The van der Waals surface area contributed by atoms with E-state index in [0.29, 0.717) is 11.3 Å². The van der Waals surface area contributed by atoms with Crippen LogP contribution in [-0.4, -0.2) is 32.8 Å². The van der Waals surface area contributed by atoms with Gasteiger partial charge in [0.15, 0.2) is 17.3 Å². The quantitative estimate of drug-likeness (QED) is 0.400. The van der Waals surface area contributed by atoms with Gasteiger partial charge in [0, 0.05) is 28.4 Å². The average molecular weight is 453 g/mol. The van der Waals surface area contributed by atoms with Crippen LogP contribution in [-0.2, 0) is 9.53 Å². The maximum atomic E-state index is 14.3. The van der Waals surface area contributed by atoms with Gasteiger partial charge in [-0.25, -0.2) is 13.8 Å². The van der Waals surface area contributed by atoms with Gasteiger partial charge in [0.2, 0.25) is 0 Å².